The number of carbonyl (C=O) groups is 2. The van der Waals surface area contributed by atoms with E-state index in [2.05, 4.69) is 0 Å². The fraction of sp³-hybridized carbons (Fsp3) is 0.800. The van der Waals surface area contributed by atoms with Crippen LogP contribution in [0, 0.1) is 5.92 Å². The van der Waals surface area contributed by atoms with Crippen molar-refractivity contribution in [1.82, 2.24) is 4.90 Å². The van der Waals surface area contributed by atoms with E-state index in [1.807, 2.05) is 6.92 Å². The topological polar surface area (TPSA) is 83.6 Å². The summed E-state index contributed by atoms with van der Waals surface area (Å²) in [6.07, 6.45) is 1.66. The fourth-order valence-corrected chi connectivity index (χ4v) is 1.95. The van der Waals surface area contributed by atoms with Crippen LogP contribution in [-0.2, 0) is 9.59 Å². The molecule has 0 spiro atoms. The summed E-state index contributed by atoms with van der Waals surface area (Å²) in [4.78, 5) is 24.0. The van der Waals surface area contributed by atoms with Gasteiger partial charge >= 0.3 is 5.97 Å². The van der Waals surface area contributed by atoms with E-state index < -0.39 is 12.0 Å². The van der Waals surface area contributed by atoms with Crippen LogP contribution in [0.5, 0.6) is 0 Å². The van der Waals surface area contributed by atoms with Crippen molar-refractivity contribution in [3.63, 3.8) is 0 Å². The first-order valence-corrected chi connectivity index (χ1v) is 5.32. The Labute approximate surface area is 89.2 Å². The first kappa shape index (κ1) is 12.0. The summed E-state index contributed by atoms with van der Waals surface area (Å²) in [6.45, 7) is 2.85. The molecule has 1 amide bonds. The van der Waals surface area contributed by atoms with Crippen LogP contribution in [-0.4, -0.2) is 41.0 Å². The van der Waals surface area contributed by atoms with Gasteiger partial charge in [0.25, 0.3) is 0 Å². The number of nitrogens with two attached hydrogens (primary N) is 1. The molecular weight excluding hydrogens is 196 g/mol. The molecule has 86 valence electrons. The zero-order chi connectivity index (χ0) is 11.4. The lowest BCUT2D eigenvalue weighted by Crippen LogP contribution is -2.42. The van der Waals surface area contributed by atoms with Gasteiger partial charge in [-0.2, -0.15) is 0 Å². The SMILES string of the molecule is CCC[C@H](C(=O)O)N1CC(CN)CC1=O. The third kappa shape index (κ3) is 2.68. The Balaban J connectivity index is 2.68. The minimum atomic E-state index is -0.914. The average Bonchev–Trinajstić information content (AvgIpc) is 2.55. The highest BCUT2D eigenvalue weighted by molar-refractivity contribution is 5.85. The number of rotatable bonds is 5. The summed E-state index contributed by atoms with van der Waals surface area (Å²) >= 11 is 0. The van der Waals surface area contributed by atoms with E-state index in [9.17, 15) is 9.59 Å². The van der Waals surface area contributed by atoms with Crippen LogP contribution in [0.15, 0.2) is 0 Å². The third-order valence-corrected chi connectivity index (χ3v) is 2.80. The van der Waals surface area contributed by atoms with Crippen LogP contribution in [0.2, 0.25) is 0 Å². The van der Waals surface area contributed by atoms with Crippen LogP contribution in [0.4, 0.5) is 0 Å². The van der Waals surface area contributed by atoms with Crippen LogP contribution in [0.25, 0.3) is 0 Å². The Kier molecular flexibility index (Phi) is 4.08. The number of carbonyl (C=O) groups excluding carboxylic acids is 1. The maximum atomic E-state index is 11.6. The zero-order valence-electron chi connectivity index (χ0n) is 8.98. The molecule has 15 heavy (non-hydrogen) atoms. The van der Waals surface area contributed by atoms with Gasteiger partial charge in [-0.3, -0.25) is 4.79 Å². The van der Waals surface area contributed by atoms with Crippen LogP contribution < -0.4 is 5.73 Å². The van der Waals surface area contributed by atoms with Gasteiger partial charge in [-0.05, 0) is 18.9 Å². The second-order valence-corrected chi connectivity index (χ2v) is 3.99. The molecule has 0 aromatic heterocycles. The Morgan fingerprint density at radius 3 is 2.80 bits per heavy atom. The molecule has 0 saturated carbocycles. The van der Waals surface area contributed by atoms with E-state index in [4.69, 9.17) is 10.8 Å². The van der Waals surface area contributed by atoms with Crippen molar-refractivity contribution < 1.29 is 14.7 Å². The predicted octanol–water partition coefficient (Wildman–Crippen LogP) is 0.0469. The van der Waals surface area contributed by atoms with Gasteiger partial charge < -0.3 is 15.7 Å². The van der Waals surface area contributed by atoms with Crippen LogP contribution in [0.1, 0.15) is 26.2 Å². The van der Waals surface area contributed by atoms with Crippen molar-refractivity contribution in [2.24, 2.45) is 11.7 Å². The number of carboxylic acid groups (broad SMARTS) is 1. The Bertz CT molecular complexity index is 255. The summed E-state index contributed by atoms with van der Waals surface area (Å²) < 4.78 is 0. The number of nitrogens with zero attached hydrogens (tertiary/aromatic N) is 1. The molecule has 1 fully saturated rings. The number of amides is 1. The summed E-state index contributed by atoms with van der Waals surface area (Å²) in [5.74, 6) is -0.870. The molecule has 0 radical (unpaired) electrons. The van der Waals surface area contributed by atoms with Gasteiger partial charge in [0.15, 0.2) is 0 Å². The monoisotopic (exact) mass is 214 g/mol. The van der Waals surface area contributed by atoms with E-state index in [1.165, 1.54) is 4.90 Å². The molecule has 1 heterocycles. The number of likely N-dealkylation sites (tertiary alicyclic amines) is 1. The molecule has 0 aromatic rings. The summed E-state index contributed by atoms with van der Waals surface area (Å²) in [5, 5.41) is 9.02. The zero-order valence-corrected chi connectivity index (χ0v) is 8.98. The minimum Gasteiger partial charge on any atom is -0.480 e. The fourth-order valence-electron chi connectivity index (χ4n) is 1.95. The van der Waals surface area contributed by atoms with Crippen LogP contribution in [0.3, 0.4) is 0 Å². The van der Waals surface area contributed by atoms with Gasteiger partial charge in [0.2, 0.25) is 5.91 Å². The number of hydrogen-bond donors (Lipinski definition) is 2. The molecule has 3 N–H and O–H groups in total. The lowest BCUT2D eigenvalue weighted by molar-refractivity contribution is -0.148. The second kappa shape index (κ2) is 5.11. The van der Waals surface area contributed by atoms with E-state index in [0.717, 1.165) is 6.42 Å². The minimum absolute atomic E-state index is 0.0775. The number of aliphatic carboxylic acids is 1. The number of carboxylic acids is 1. The first-order chi connectivity index (χ1) is 7.10. The smallest absolute Gasteiger partial charge is 0.326 e. The summed E-state index contributed by atoms with van der Waals surface area (Å²) in [7, 11) is 0. The third-order valence-electron chi connectivity index (χ3n) is 2.80. The average molecular weight is 214 g/mol. The normalized spacial score (nSPS) is 23.2. The molecule has 1 saturated heterocycles. The summed E-state index contributed by atoms with van der Waals surface area (Å²) in [6, 6.07) is -0.668. The van der Waals surface area contributed by atoms with Crippen molar-refractivity contribution in [3.8, 4) is 0 Å². The molecule has 1 aliphatic rings. The maximum absolute atomic E-state index is 11.6. The molecule has 1 aliphatic heterocycles. The van der Waals surface area contributed by atoms with Crippen molar-refractivity contribution in [2.45, 2.75) is 32.2 Å². The molecule has 0 bridgehead atoms. The highest BCUT2D eigenvalue weighted by atomic mass is 16.4. The van der Waals surface area contributed by atoms with Crippen molar-refractivity contribution in [3.05, 3.63) is 0 Å². The lowest BCUT2D eigenvalue weighted by atomic mass is 10.1. The van der Waals surface area contributed by atoms with Gasteiger partial charge in [0, 0.05) is 13.0 Å². The lowest BCUT2D eigenvalue weighted by Gasteiger charge is -2.24. The highest BCUT2D eigenvalue weighted by Crippen LogP contribution is 2.21. The van der Waals surface area contributed by atoms with Gasteiger partial charge in [-0.15, -0.1) is 0 Å². The van der Waals surface area contributed by atoms with E-state index in [1.54, 1.807) is 0 Å². The molecule has 0 aliphatic carbocycles. The summed E-state index contributed by atoms with van der Waals surface area (Å²) in [5.41, 5.74) is 5.48. The largest absolute Gasteiger partial charge is 0.480 e. The molecule has 0 aromatic carbocycles. The Hall–Kier alpha value is -1.10. The standard InChI is InChI=1S/C10H18N2O3/c1-2-3-8(10(14)15)12-6-7(5-11)4-9(12)13/h7-8H,2-6,11H2,1H3,(H,14,15)/t7?,8-/m1/s1. The Morgan fingerprint density at radius 2 is 2.40 bits per heavy atom. The predicted molar refractivity (Wildman–Crippen MR) is 55.2 cm³/mol. The van der Waals surface area contributed by atoms with Gasteiger partial charge in [0.05, 0.1) is 0 Å². The Morgan fingerprint density at radius 1 is 1.73 bits per heavy atom. The van der Waals surface area contributed by atoms with Gasteiger partial charge in [0.1, 0.15) is 6.04 Å². The van der Waals surface area contributed by atoms with Crippen molar-refractivity contribution in [2.75, 3.05) is 13.1 Å². The molecule has 2 atom stereocenters. The van der Waals surface area contributed by atoms with Crippen LogP contribution >= 0.6 is 0 Å². The van der Waals surface area contributed by atoms with E-state index in [-0.39, 0.29) is 11.8 Å². The number of hydrogen-bond acceptors (Lipinski definition) is 3. The second-order valence-electron chi connectivity index (χ2n) is 3.99. The molecule has 1 rings (SSSR count). The van der Waals surface area contributed by atoms with E-state index >= 15 is 0 Å². The molecular formula is C10H18N2O3. The maximum Gasteiger partial charge on any atom is 0.326 e. The van der Waals surface area contributed by atoms with Gasteiger partial charge in [-0.1, -0.05) is 13.3 Å². The first-order valence-electron chi connectivity index (χ1n) is 5.32. The molecule has 5 nitrogen and oxygen atoms in total. The molecule has 5 heteroatoms. The van der Waals surface area contributed by atoms with Gasteiger partial charge in [-0.25, -0.2) is 4.79 Å². The molecule has 1 unspecified atom stereocenters. The van der Waals surface area contributed by atoms with Crippen molar-refractivity contribution in [1.29, 1.82) is 0 Å². The van der Waals surface area contributed by atoms with E-state index in [0.29, 0.717) is 25.9 Å². The highest BCUT2D eigenvalue weighted by Gasteiger charge is 2.36. The quantitative estimate of drug-likeness (QED) is 0.677. The van der Waals surface area contributed by atoms with Crippen molar-refractivity contribution >= 4 is 11.9 Å².